The van der Waals surface area contributed by atoms with Gasteiger partial charge in [-0.1, -0.05) is 0 Å². The van der Waals surface area contributed by atoms with Gasteiger partial charge in [0.25, 0.3) is 0 Å². The van der Waals surface area contributed by atoms with Crippen LogP contribution in [0.1, 0.15) is 15.6 Å². The molecule has 0 radical (unpaired) electrons. The number of hydrogen-bond donors (Lipinski definition) is 0. The third-order valence-electron chi connectivity index (χ3n) is 2.00. The van der Waals surface area contributed by atoms with Gasteiger partial charge < -0.3 is 4.74 Å². The molecule has 2 aromatic rings. The number of hydrogen-bond acceptors (Lipinski definition) is 4. The first-order valence-electron chi connectivity index (χ1n) is 4.71. The number of aryl methyl sites for hydroxylation is 2. The minimum Gasteiger partial charge on any atom is -0.486 e. The van der Waals surface area contributed by atoms with Crippen LogP contribution in [0.5, 0.6) is 5.75 Å². The molecule has 78 valence electrons. The zero-order valence-corrected chi connectivity index (χ0v) is 9.54. The largest absolute Gasteiger partial charge is 0.486 e. The summed E-state index contributed by atoms with van der Waals surface area (Å²) in [6, 6.07) is 3.80. The molecule has 0 unspecified atom stereocenters. The van der Waals surface area contributed by atoms with Crippen LogP contribution in [-0.2, 0) is 6.61 Å². The third kappa shape index (κ3) is 2.53. The number of thiazole rings is 1. The van der Waals surface area contributed by atoms with E-state index in [0.717, 1.165) is 21.3 Å². The van der Waals surface area contributed by atoms with Gasteiger partial charge in [-0.05, 0) is 26.0 Å². The van der Waals surface area contributed by atoms with Crippen LogP contribution < -0.4 is 4.74 Å². The monoisotopic (exact) mass is 220 g/mol. The van der Waals surface area contributed by atoms with Crippen molar-refractivity contribution in [3.8, 4) is 5.75 Å². The quantitative estimate of drug-likeness (QED) is 0.797. The molecule has 0 saturated carbocycles. The number of aromatic nitrogens is 2. The Hall–Kier alpha value is -1.42. The van der Waals surface area contributed by atoms with E-state index in [-0.39, 0.29) is 0 Å². The zero-order valence-electron chi connectivity index (χ0n) is 8.73. The summed E-state index contributed by atoms with van der Waals surface area (Å²) in [5.74, 6) is 0.837. The van der Waals surface area contributed by atoms with Crippen LogP contribution in [0.2, 0.25) is 0 Å². The predicted octanol–water partition coefficient (Wildman–Crippen LogP) is 2.73. The van der Waals surface area contributed by atoms with Crippen molar-refractivity contribution in [3.63, 3.8) is 0 Å². The Balaban J connectivity index is 2.02. The molecule has 0 aromatic carbocycles. The molecule has 0 bridgehead atoms. The maximum Gasteiger partial charge on any atom is 0.141 e. The second-order valence-electron chi connectivity index (χ2n) is 3.22. The van der Waals surface area contributed by atoms with Crippen LogP contribution >= 0.6 is 11.3 Å². The molecule has 0 amide bonds. The van der Waals surface area contributed by atoms with E-state index in [2.05, 4.69) is 9.97 Å². The molecule has 0 N–H and O–H groups in total. The molecule has 0 saturated heterocycles. The van der Waals surface area contributed by atoms with Crippen LogP contribution in [0.4, 0.5) is 0 Å². The highest BCUT2D eigenvalue weighted by atomic mass is 32.1. The molecule has 0 atom stereocenters. The van der Waals surface area contributed by atoms with Gasteiger partial charge in [0.1, 0.15) is 12.4 Å². The molecule has 0 fully saturated rings. The zero-order chi connectivity index (χ0) is 10.7. The van der Waals surface area contributed by atoms with Gasteiger partial charge >= 0.3 is 0 Å². The van der Waals surface area contributed by atoms with E-state index in [1.54, 1.807) is 17.5 Å². The smallest absolute Gasteiger partial charge is 0.141 e. The number of ether oxygens (including phenoxy) is 1. The fourth-order valence-corrected chi connectivity index (χ4v) is 1.95. The van der Waals surface area contributed by atoms with Gasteiger partial charge in [0.2, 0.25) is 0 Å². The van der Waals surface area contributed by atoms with Gasteiger partial charge in [0.05, 0.1) is 15.6 Å². The summed E-state index contributed by atoms with van der Waals surface area (Å²) in [4.78, 5) is 9.47. The first kappa shape index (κ1) is 10.1. The molecular weight excluding hydrogens is 208 g/mol. The maximum absolute atomic E-state index is 5.64. The molecule has 4 heteroatoms. The van der Waals surface area contributed by atoms with Gasteiger partial charge in [-0.3, -0.25) is 4.98 Å². The molecule has 0 aliphatic rings. The molecular formula is C11H12N2OS. The molecule has 2 rings (SSSR count). The van der Waals surface area contributed by atoms with Crippen LogP contribution in [0.15, 0.2) is 24.5 Å². The lowest BCUT2D eigenvalue weighted by molar-refractivity contribution is 0.306. The van der Waals surface area contributed by atoms with Gasteiger partial charge in [-0.25, -0.2) is 4.98 Å². The molecule has 0 spiro atoms. The fraction of sp³-hybridized carbons (Fsp3) is 0.273. The van der Waals surface area contributed by atoms with Gasteiger partial charge in [0.15, 0.2) is 0 Å². The van der Waals surface area contributed by atoms with E-state index >= 15 is 0 Å². The average molecular weight is 220 g/mol. The summed E-state index contributed by atoms with van der Waals surface area (Å²) in [6.45, 7) is 4.49. The summed E-state index contributed by atoms with van der Waals surface area (Å²) in [5.41, 5.74) is 0.915. The lowest BCUT2D eigenvalue weighted by Crippen LogP contribution is -1.95. The minimum absolute atomic E-state index is 0.568. The van der Waals surface area contributed by atoms with Crippen LogP contribution in [-0.4, -0.2) is 9.97 Å². The Morgan fingerprint density at radius 1 is 1.33 bits per heavy atom. The Labute approximate surface area is 92.8 Å². The van der Waals surface area contributed by atoms with E-state index < -0.39 is 0 Å². The second-order valence-corrected chi connectivity index (χ2v) is 4.54. The Morgan fingerprint density at radius 2 is 2.20 bits per heavy atom. The highest BCUT2D eigenvalue weighted by Gasteiger charge is 2.02. The van der Waals surface area contributed by atoms with Crippen molar-refractivity contribution in [2.45, 2.75) is 20.5 Å². The minimum atomic E-state index is 0.568. The number of rotatable bonds is 3. The summed E-state index contributed by atoms with van der Waals surface area (Å²) >= 11 is 1.66. The van der Waals surface area contributed by atoms with Gasteiger partial charge in [0, 0.05) is 12.4 Å². The van der Waals surface area contributed by atoms with Crippen molar-refractivity contribution in [2.24, 2.45) is 0 Å². The fourth-order valence-electron chi connectivity index (χ4n) is 1.24. The molecule has 2 heterocycles. The highest BCUT2D eigenvalue weighted by Crippen LogP contribution is 2.18. The van der Waals surface area contributed by atoms with E-state index in [9.17, 15) is 0 Å². The average Bonchev–Trinajstić information content (AvgIpc) is 2.63. The van der Waals surface area contributed by atoms with Crippen molar-refractivity contribution in [2.75, 3.05) is 0 Å². The Morgan fingerprint density at radius 3 is 2.87 bits per heavy atom. The van der Waals surface area contributed by atoms with Crippen molar-refractivity contribution < 1.29 is 4.74 Å². The van der Waals surface area contributed by atoms with E-state index in [0.29, 0.717) is 6.61 Å². The third-order valence-corrected chi connectivity index (χ3v) is 2.88. The van der Waals surface area contributed by atoms with E-state index in [4.69, 9.17) is 4.74 Å². The predicted molar refractivity (Wildman–Crippen MR) is 60.2 cm³/mol. The van der Waals surface area contributed by atoms with E-state index in [1.807, 2.05) is 32.2 Å². The first-order chi connectivity index (χ1) is 7.25. The summed E-state index contributed by atoms with van der Waals surface area (Å²) in [6.07, 6.45) is 3.62. The normalized spacial score (nSPS) is 10.3. The lowest BCUT2D eigenvalue weighted by Gasteiger charge is -2.05. The summed E-state index contributed by atoms with van der Waals surface area (Å²) in [7, 11) is 0. The lowest BCUT2D eigenvalue weighted by atomic mass is 10.3. The molecule has 15 heavy (non-hydrogen) atoms. The summed E-state index contributed by atoms with van der Waals surface area (Å²) < 4.78 is 5.64. The Bertz CT molecular complexity index is 453. The maximum atomic E-state index is 5.64. The standard InChI is InChI=1S/C11H12N2OS/c1-8-11(4-3-5-12-8)14-7-10-6-13-9(2)15-10/h3-6H,7H2,1-2H3. The number of nitrogens with zero attached hydrogens (tertiary/aromatic N) is 2. The highest BCUT2D eigenvalue weighted by molar-refractivity contribution is 7.11. The van der Waals surface area contributed by atoms with Crippen molar-refractivity contribution >= 4 is 11.3 Å². The van der Waals surface area contributed by atoms with Crippen LogP contribution in [0.25, 0.3) is 0 Å². The molecule has 2 aromatic heterocycles. The van der Waals surface area contributed by atoms with Gasteiger partial charge in [-0.15, -0.1) is 11.3 Å². The van der Waals surface area contributed by atoms with Gasteiger partial charge in [-0.2, -0.15) is 0 Å². The van der Waals surface area contributed by atoms with Crippen molar-refractivity contribution in [3.05, 3.63) is 40.1 Å². The van der Waals surface area contributed by atoms with Crippen molar-refractivity contribution in [1.82, 2.24) is 9.97 Å². The van der Waals surface area contributed by atoms with Crippen LogP contribution in [0, 0.1) is 13.8 Å². The SMILES string of the molecule is Cc1ncc(COc2cccnc2C)s1. The number of pyridine rings is 1. The van der Waals surface area contributed by atoms with Crippen LogP contribution in [0.3, 0.4) is 0 Å². The topological polar surface area (TPSA) is 35.0 Å². The van der Waals surface area contributed by atoms with E-state index in [1.165, 1.54) is 0 Å². The second kappa shape index (κ2) is 4.40. The molecule has 3 nitrogen and oxygen atoms in total. The van der Waals surface area contributed by atoms with Crippen molar-refractivity contribution in [1.29, 1.82) is 0 Å². The summed E-state index contributed by atoms with van der Waals surface area (Å²) in [5, 5.41) is 1.07. The Kier molecular flexibility index (Phi) is 2.97. The molecule has 0 aliphatic heterocycles. The molecule has 0 aliphatic carbocycles. The first-order valence-corrected chi connectivity index (χ1v) is 5.53.